The standard InChI is InChI=1S/C12H10Cl2FN5/c13-7-12-17-10-6-9(15)8(14)5-11(10)20(12)4-3-19-2-1-16-18-19/h1-2,5-6H,3-4,7H2. The summed E-state index contributed by atoms with van der Waals surface area (Å²) in [5, 5.41) is 7.71. The van der Waals surface area contributed by atoms with Crippen LogP contribution < -0.4 is 0 Å². The summed E-state index contributed by atoms with van der Waals surface area (Å²) in [6, 6.07) is 2.89. The second kappa shape index (κ2) is 5.38. The smallest absolute Gasteiger partial charge is 0.144 e. The van der Waals surface area contributed by atoms with Gasteiger partial charge in [0.25, 0.3) is 0 Å². The highest BCUT2D eigenvalue weighted by molar-refractivity contribution is 6.31. The molecular weight excluding hydrogens is 304 g/mol. The molecule has 3 aromatic rings. The van der Waals surface area contributed by atoms with Crippen LogP contribution in [-0.4, -0.2) is 24.5 Å². The van der Waals surface area contributed by atoms with Crippen LogP contribution in [0.25, 0.3) is 11.0 Å². The number of imidazole rings is 1. The lowest BCUT2D eigenvalue weighted by atomic mass is 10.3. The maximum Gasteiger partial charge on any atom is 0.144 e. The fourth-order valence-electron chi connectivity index (χ4n) is 2.08. The van der Waals surface area contributed by atoms with Crippen LogP contribution in [0.15, 0.2) is 24.5 Å². The third-order valence-electron chi connectivity index (χ3n) is 3.01. The van der Waals surface area contributed by atoms with E-state index in [4.69, 9.17) is 23.2 Å². The molecule has 0 spiro atoms. The van der Waals surface area contributed by atoms with Crippen LogP contribution in [0.4, 0.5) is 4.39 Å². The van der Waals surface area contributed by atoms with E-state index in [0.717, 1.165) is 5.52 Å². The third kappa shape index (κ3) is 2.36. The fourth-order valence-corrected chi connectivity index (χ4v) is 2.44. The average molecular weight is 314 g/mol. The van der Waals surface area contributed by atoms with Crippen molar-refractivity contribution in [1.82, 2.24) is 24.5 Å². The second-order valence-electron chi connectivity index (χ2n) is 4.23. The van der Waals surface area contributed by atoms with Crippen LogP contribution in [0.1, 0.15) is 5.82 Å². The second-order valence-corrected chi connectivity index (χ2v) is 4.91. The molecule has 3 rings (SSSR count). The van der Waals surface area contributed by atoms with Gasteiger partial charge in [0.1, 0.15) is 11.6 Å². The van der Waals surface area contributed by atoms with Gasteiger partial charge >= 0.3 is 0 Å². The van der Waals surface area contributed by atoms with Gasteiger partial charge in [0.2, 0.25) is 0 Å². The molecule has 0 saturated carbocycles. The van der Waals surface area contributed by atoms with Crippen molar-refractivity contribution in [2.75, 3.05) is 0 Å². The van der Waals surface area contributed by atoms with Gasteiger partial charge < -0.3 is 4.57 Å². The normalized spacial score (nSPS) is 11.3. The molecule has 0 aliphatic carbocycles. The Morgan fingerprint density at radius 3 is 2.80 bits per heavy atom. The Morgan fingerprint density at radius 1 is 1.25 bits per heavy atom. The van der Waals surface area contributed by atoms with Crippen molar-refractivity contribution in [2.45, 2.75) is 19.0 Å². The van der Waals surface area contributed by atoms with E-state index in [9.17, 15) is 4.39 Å². The van der Waals surface area contributed by atoms with Gasteiger partial charge in [-0.15, -0.1) is 16.7 Å². The Kier molecular flexibility index (Phi) is 3.58. The lowest BCUT2D eigenvalue weighted by molar-refractivity contribution is 0.519. The minimum absolute atomic E-state index is 0.0699. The number of hydrogen-bond acceptors (Lipinski definition) is 3. The number of halogens is 3. The van der Waals surface area contributed by atoms with E-state index in [1.165, 1.54) is 6.07 Å². The molecule has 0 aliphatic heterocycles. The number of alkyl halides is 1. The van der Waals surface area contributed by atoms with E-state index in [-0.39, 0.29) is 10.9 Å². The molecule has 0 aliphatic rings. The summed E-state index contributed by atoms with van der Waals surface area (Å²) < 4.78 is 17.1. The SMILES string of the molecule is Fc1cc2nc(CCl)n(CCn3ccnn3)c2cc1Cl. The molecule has 0 bridgehead atoms. The molecule has 0 saturated heterocycles. The number of benzene rings is 1. The lowest BCUT2D eigenvalue weighted by Gasteiger charge is -2.07. The van der Waals surface area contributed by atoms with Crippen molar-refractivity contribution in [1.29, 1.82) is 0 Å². The van der Waals surface area contributed by atoms with Gasteiger partial charge in [0.05, 0.1) is 34.7 Å². The lowest BCUT2D eigenvalue weighted by Crippen LogP contribution is -2.10. The van der Waals surface area contributed by atoms with Crippen molar-refractivity contribution in [3.63, 3.8) is 0 Å². The Labute approximate surface area is 123 Å². The van der Waals surface area contributed by atoms with Crippen molar-refractivity contribution >= 4 is 34.2 Å². The molecule has 0 radical (unpaired) electrons. The Hall–Kier alpha value is -1.66. The zero-order valence-corrected chi connectivity index (χ0v) is 11.8. The van der Waals surface area contributed by atoms with Gasteiger partial charge in [-0.1, -0.05) is 16.8 Å². The van der Waals surface area contributed by atoms with Gasteiger partial charge in [0.15, 0.2) is 0 Å². The number of hydrogen-bond donors (Lipinski definition) is 0. The van der Waals surface area contributed by atoms with Gasteiger partial charge in [-0.3, -0.25) is 4.68 Å². The van der Waals surface area contributed by atoms with E-state index < -0.39 is 5.82 Å². The summed E-state index contributed by atoms with van der Waals surface area (Å²) in [5.41, 5.74) is 1.30. The molecule has 8 heteroatoms. The van der Waals surface area contributed by atoms with Crippen LogP contribution in [-0.2, 0) is 19.0 Å². The van der Waals surface area contributed by atoms with Crippen LogP contribution in [0, 0.1) is 5.82 Å². The average Bonchev–Trinajstić information content (AvgIpc) is 3.05. The van der Waals surface area contributed by atoms with Crippen LogP contribution in [0.3, 0.4) is 0 Å². The summed E-state index contributed by atoms with van der Waals surface area (Å²) in [7, 11) is 0. The highest BCUT2D eigenvalue weighted by Gasteiger charge is 2.13. The van der Waals surface area contributed by atoms with E-state index in [1.807, 2.05) is 4.57 Å². The van der Waals surface area contributed by atoms with Crippen molar-refractivity contribution in [3.8, 4) is 0 Å². The maximum atomic E-state index is 13.5. The summed E-state index contributed by atoms with van der Waals surface area (Å²) in [6.07, 6.45) is 3.38. The first-order valence-corrected chi connectivity index (χ1v) is 6.84. The van der Waals surface area contributed by atoms with Crippen LogP contribution in [0.2, 0.25) is 5.02 Å². The van der Waals surface area contributed by atoms with Crippen molar-refractivity contribution in [2.24, 2.45) is 0 Å². The summed E-state index contributed by atoms with van der Waals surface area (Å²) in [6.45, 7) is 1.22. The minimum Gasteiger partial charge on any atom is -0.325 e. The maximum absolute atomic E-state index is 13.5. The van der Waals surface area contributed by atoms with Gasteiger partial charge in [-0.05, 0) is 6.07 Å². The predicted octanol–water partition coefficient (Wildman–Crippen LogP) is 2.86. The fraction of sp³-hybridized carbons (Fsp3) is 0.250. The molecule has 5 nitrogen and oxygen atoms in total. The van der Waals surface area contributed by atoms with Gasteiger partial charge in [-0.25, -0.2) is 9.37 Å². The van der Waals surface area contributed by atoms with E-state index >= 15 is 0 Å². The molecule has 1 aromatic carbocycles. The predicted molar refractivity (Wildman–Crippen MR) is 74.3 cm³/mol. The van der Waals surface area contributed by atoms with E-state index in [0.29, 0.717) is 24.4 Å². The topological polar surface area (TPSA) is 48.5 Å². The quantitative estimate of drug-likeness (QED) is 0.696. The van der Waals surface area contributed by atoms with E-state index in [2.05, 4.69) is 15.3 Å². The first-order chi connectivity index (χ1) is 9.69. The summed E-state index contributed by atoms with van der Waals surface area (Å²) >= 11 is 11.7. The number of fused-ring (bicyclic) bond motifs is 1. The highest BCUT2D eigenvalue weighted by atomic mass is 35.5. The summed E-state index contributed by atoms with van der Waals surface area (Å²) in [4.78, 5) is 4.32. The molecule has 0 fully saturated rings. The van der Waals surface area contributed by atoms with Crippen molar-refractivity contribution in [3.05, 3.63) is 41.2 Å². The molecule has 104 valence electrons. The molecule has 0 N–H and O–H groups in total. The van der Waals surface area contributed by atoms with Crippen LogP contribution in [0.5, 0.6) is 0 Å². The van der Waals surface area contributed by atoms with E-state index in [1.54, 1.807) is 23.1 Å². The monoisotopic (exact) mass is 313 g/mol. The highest BCUT2D eigenvalue weighted by Crippen LogP contribution is 2.24. The first kappa shape index (κ1) is 13.3. The Bertz CT molecular complexity index is 738. The molecular formula is C12H10Cl2FN5. The molecule has 0 amide bonds. The largest absolute Gasteiger partial charge is 0.325 e. The number of aryl methyl sites for hydroxylation is 2. The van der Waals surface area contributed by atoms with Crippen LogP contribution >= 0.6 is 23.2 Å². The molecule has 0 unspecified atom stereocenters. The Morgan fingerprint density at radius 2 is 2.10 bits per heavy atom. The molecule has 2 heterocycles. The first-order valence-electron chi connectivity index (χ1n) is 5.93. The van der Waals surface area contributed by atoms with Gasteiger partial charge in [-0.2, -0.15) is 0 Å². The number of nitrogens with zero attached hydrogens (tertiary/aromatic N) is 5. The Balaban J connectivity index is 2.01. The number of aromatic nitrogens is 5. The molecule has 2 aromatic heterocycles. The zero-order valence-electron chi connectivity index (χ0n) is 10.3. The zero-order chi connectivity index (χ0) is 14.1. The van der Waals surface area contributed by atoms with Crippen molar-refractivity contribution < 1.29 is 4.39 Å². The minimum atomic E-state index is -0.485. The molecule has 0 atom stereocenters. The number of rotatable bonds is 4. The van der Waals surface area contributed by atoms with Gasteiger partial charge in [0, 0.05) is 18.8 Å². The summed E-state index contributed by atoms with van der Waals surface area (Å²) in [5.74, 6) is 0.426. The third-order valence-corrected chi connectivity index (χ3v) is 3.54. The molecule has 20 heavy (non-hydrogen) atoms.